The molecule has 0 bridgehead atoms. The number of nitrogens with one attached hydrogen (secondary N) is 1. The largest absolute Gasteiger partial charge is 0.492 e. The number of pyridine rings is 1. The highest BCUT2D eigenvalue weighted by Gasteiger charge is 2.33. The average molecular weight is 505 g/mol. The van der Waals surface area contributed by atoms with Crippen molar-refractivity contribution < 1.29 is 23.8 Å². The number of benzene rings is 2. The Morgan fingerprint density at radius 2 is 1.95 bits per heavy atom. The lowest BCUT2D eigenvalue weighted by atomic mass is 9.83. The number of hydrogen-bond donors (Lipinski definition) is 2. The van der Waals surface area contributed by atoms with Crippen LogP contribution in [0.15, 0.2) is 54.9 Å². The van der Waals surface area contributed by atoms with E-state index in [1.54, 1.807) is 24.5 Å². The fourth-order valence-electron chi connectivity index (χ4n) is 5.24. The molecule has 1 fully saturated rings. The van der Waals surface area contributed by atoms with E-state index in [1.165, 1.54) is 6.07 Å². The van der Waals surface area contributed by atoms with Crippen LogP contribution in [0.25, 0.3) is 11.1 Å². The van der Waals surface area contributed by atoms with Crippen LogP contribution in [0.4, 0.5) is 10.1 Å². The first-order valence-corrected chi connectivity index (χ1v) is 12.9. The Bertz CT molecular complexity index is 1270. The van der Waals surface area contributed by atoms with E-state index < -0.39 is 17.7 Å². The Kier molecular flexibility index (Phi) is 8.54. The molecule has 6 nitrogen and oxygen atoms in total. The second kappa shape index (κ2) is 12.0. The monoisotopic (exact) mass is 504 g/mol. The number of halogens is 1. The third-order valence-corrected chi connectivity index (χ3v) is 7.15. The number of amides is 1. The van der Waals surface area contributed by atoms with E-state index >= 15 is 4.39 Å². The summed E-state index contributed by atoms with van der Waals surface area (Å²) < 4.78 is 20.9. The fraction of sp³-hybridized carbons (Fsp3) is 0.367. The number of aryl methyl sites for hydroxylation is 1. The van der Waals surface area contributed by atoms with Crippen molar-refractivity contribution >= 4 is 17.6 Å². The number of aliphatic carboxylic acids is 1. The molecule has 1 atom stereocenters. The van der Waals surface area contributed by atoms with E-state index in [2.05, 4.69) is 10.3 Å². The van der Waals surface area contributed by atoms with Crippen LogP contribution in [0.2, 0.25) is 0 Å². The highest BCUT2D eigenvalue weighted by molar-refractivity contribution is 5.97. The third-order valence-electron chi connectivity index (χ3n) is 7.15. The molecule has 1 aromatic heterocycles. The number of carboxylic acids is 1. The van der Waals surface area contributed by atoms with Crippen LogP contribution in [0, 0.1) is 18.7 Å². The predicted octanol–water partition coefficient (Wildman–Crippen LogP) is 6.52. The van der Waals surface area contributed by atoms with Gasteiger partial charge in [0.15, 0.2) is 0 Å². The zero-order valence-electron chi connectivity index (χ0n) is 21.3. The van der Waals surface area contributed by atoms with Crippen molar-refractivity contribution in [2.45, 2.75) is 58.3 Å². The van der Waals surface area contributed by atoms with E-state index in [0.29, 0.717) is 41.2 Å². The molecule has 2 aromatic carbocycles. The van der Waals surface area contributed by atoms with E-state index in [0.717, 1.165) is 36.8 Å². The minimum absolute atomic E-state index is 0.0254. The molecule has 1 aliphatic carbocycles. The van der Waals surface area contributed by atoms with Gasteiger partial charge in [-0.05, 0) is 73.9 Å². The molecule has 37 heavy (non-hydrogen) atoms. The molecule has 1 heterocycles. The normalized spacial score (nSPS) is 14.4. The molecule has 4 rings (SSSR count). The molecular weight excluding hydrogens is 471 g/mol. The van der Waals surface area contributed by atoms with Gasteiger partial charge < -0.3 is 15.2 Å². The lowest BCUT2D eigenvalue weighted by Crippen LogP contribution is -2.27. The lowest BCUT2D eigenvalue weighted by Gasteiger charge is -2.24. The van der Waals surface area contributed by atoms with E-state index in [1.807, 2.05) is 38.1 Å². The van der Waals surface area contributed by atoms with Crippen LogP contribution in [0.1, 0.15) is 61.6 Å². The predicted molar refractivity (Wildman–Crippen MR) is 141 cm³/mol. The van der Waals surface area contributed by atoms with Gasteiger partial charge in [-0.3, -0.25) is 14.6 Å². The smallest absolute Gasteiger partial charge is 0.303 e. The van der Waals surface area contributed by atoms with Gasteiger partial charge in [-0.1, -0.05) is 37.1 Å². The van der Waals surface area contributed by atoms with Gasteiger partial charge in [0.05, 0.1) is 18.7 Å². The Balaban J connectivity index is 1.61. The Hall–Kier alpha value is -3.74. The summed E-state index contributed by atoms with van der Waals surface area (Å²) in [5.74, 6) is -1.22. The maximum absolute atomic E-state index is 15.4. The Morgan fingerprint density at radius 3 is 2.65 bits per heavy atom. The van der Waals surface area contributed by atoms with E-state index in [4.69, 9.17) is 9.84 Å². The quantitative estimate of drug-likeness (QED) is 0.328. The van der Waals surface area contributed by atoms with Crippen LogP contribution in [-0.2, 0) is 16.0 Å². The molecule has 1 amide bonds. The molecule has 0 radical (unpaired) electrons. The van der Waals surface area contributed by atoms with Gasteiger partial charge in [-0.15, -0.1) is 0 Å². The Morgan fingerprint density at radius 1 is 1.16 bits per heavy atom. The van der Waals surface area contributed by atoms with Crippen LogP contribution in [-0.4, -0.2) is 28.6 Å². The highest BCUT2D eigenvalue weighted by Crippen LogP contribution is 2.39. The van der Waals surface area contributed by atoms with Crippen molar-refractivity contribution in [1.29, 1.82) is 0 Å². The van der Waals surface area contributed by atoms with Gasteiger partial charge in [0.1, 0.15) is 11.6 Å². The molecule has 194 valence electrons. The Labute approximate surface area is 216 Å². The minimum atomic E-state index is -0.860. The van der Waals surface area contributed by atoms with Crippen molar-refractivity contribution in [1.82, 2.24) is 4.98 Å². The third kappa shape index (κ3) is 6.34. The minimum Gasteiger partial charge on any atom is -0.492 e. The van der Waals surface area contributed by atoms with Crippen LogP contribution in [0.5, 0.6) is 5.75 Å². The fourth-order valence-corrected chi connectivity index (χ4v) is 5.24. The molecule has 1 aliphatic rings. The second-order valence-corrected chi connectivity index (χ2v) is 9.58. The molecule has 0 aliphatic heterocycles. The van der Waals surface area contributed by atoms with Gasteiger partial charge in [-0.2, -0.15) is 0 Å². The second-order valence-electron chi connectivity index (χ2n) is 9.58. The average Bonchev–Trinajstić information content (AvgIpc) is 3.39. The van der Waals surface area contributed by atoms with Gasteiger partial charge in [0, 0.05) is 29.4 Å². The number of anilines is 1. The molecular formula is C30H33FN2O4. The van der Waals surface area contributed by atoms with Crippen molar-refractivity contribution in [2.75, 3.05) is 11.9 Å². The van der Waals surface area contributed by atoms with Crippen molar-refractivity contribution in [3.63, 3.8) is 0 Å². The SMILES string of the molecule is CCOc1cncc(-c2ccc([C@H](C(=O)Nc3cccc(CCC(=O)O)c3C)C3CCCC3)cc2F)c1. The lowest BCUT2D eigenvalue weighted by molar-refractivity contribution is -0.137. The summed E-state index contributed by atoms with van der Waals surface area (Å²) >= 11 is 0. The molecule has 2 N–H and O–H groups in total. The van der Waals surface area contributed by atoms with Crippen LogP contribution < -0.4 is 10.1 Å². The van der Waals surface area contributed by atoms with Gasteiger partial charge in [0.25, 0.3) is 0 Å². The van der Waals surface area contributed by atoms with Crippen LogP contribution in [0.3, 0.4) is 0 Å². The zero-order chi connectivity index (χ0) is 26.4. The van der Waals surface area contributed by atoms with Gasteiger partial charge in [0.2, 0.25) is 5.91 Å². The first kappa shape index (κ1) is 26.3. The summed E-state index contributed by atoms with van der Waals surface area (Å²) in [6.45, 7) is 4.26. The number of nitrogens with zero attached hydrogens (tertiary/aromatic N) is 1. The summed E-state index contributed by atoms with van der Waals surface area (Å²) in [6, 6.07) is 12.3. The summed E-state index contributed by atoms with van der Waals surface area (Å²) in [7, 11) is 0. The molecule has 0 saturated heterocycles. The zero-order valence-corrected chi connectivity index (χ0v) is 21.3. The maximum atomic E-state index is 15.4. The molecule has 7 heteroatoms. The van der Waals surface area contributed by atoms with Crippen molar-refractivity contribution in [2.24, 2.45) is 5.92 Å². The molecule has 3 aromatic rings. The summed E-state index contributed by atoms with van der Waals surface area (Å²) in [4.78, 5) is 28.8. The number of aromatic nitrogens is 1. The van der Waals surface area contributed by atoms with Crippen molar-refractivity contribution in [3.8, 4) is 16.9 Å². The molecule has 0 spiro atoms. The number of rotatable bonds is 10. The number of carbonyl (C=O) groups excluding carboxylic acids is 1. The summed E-state index contributed by atoms with van der Waals surface area (Å²) in [5, 5.41) is 12.1. The standard InChI is InChI=1S/C30H33FN2O4/c1-3-37-24-15-23(17-32-18-24)25-13-11-22(16-26(25)31)29(21-7-4-5-8-21)30(36)33-27-10-6-9-20(19(27)2)12-14-28(34)35/h6,9-11,13,15-18,21,29H,3-5,7-8,12,14H2,1-2H3,(H,33,36)(H,34,35)/t29-/m1/s1. The number of carboxylic acid groups (broad SMARTS) is 1. The van der Waals surface area contributed by atoms with E-state index in [-0.39, 0.29) is 18.2 Å². The van der Waals surface area contributed by atoms with Crippen molar-refractivity contribution in [3.05, 3.63) is 77.4 Å². The maximum Gasteiger partial charge on any atom is 0.303 e. The number of hydrogen-bond acceptors (Lipinski definition) is 4. The highest BCUT2D eigenvalue weighted by atomic mass is 19.1. The van der Waals surface area contributed by atoms with Gasteiger partial charge in [-0.25, -0.2) is 4.39 Å². The number of carbonyl (C=O) groups is 2. The molecule has 0 unspecified atom stereocenters. The summed E-state index contributed by atoms with van der Waals surface area (Å²) in [6.07, 6.45) is 7.54. The van der Waals surface area contributed by atoms with E-state index in [9.17, 15) is 9.59 Å². The van der Waals surface area contributed by atoms with Crippen LogP contribution >= 0.6 is 0 Å². The number of ether oxygens (including phenoxy) is 1. The topological polar surface area (TPSA) is 88.5 Å². The first-order chi connectivity index (χ1) is 17.9. The van der Waals surface area contributed by atoms with Gasteiger partial charge >= 0.3 is 5.97 Å². The first-order valence-electron chi connectivity index (χ1n) is 12.9. The molecule has 1 saturated carbocycles. The summed E-state index contributed by atoms with van der Waals surface area (Å²) in [5.41, 5.74) is 4.07.